The van der Waals surface area contributed by atoms with E-state index in [9.17, 15) is 19.7 Å². The lowest BCUT2D eigenvalue weighted by molar-refractivity contribution is -0.384. The molecule has 1 aliphatic heterocycles. The standard InChI is InChI=1S/C30H24N2O6S/c1-2-37-27-16-20(11-13-26(27)38-19-22-10-12-23-7-3-4-8-24(23)14-22)17-28-29(33)31(30(34)39-28)18-21-6-5-9-25(15-21)32(35)36/h3-17H,2,18-19H2,1H3/b28-17+. The van der Waals surface area contributed by atoms with E-state index in [-0.39, 0.29) is 17.1 Å². The van der Waals surface area contributed by atoms with Crippen LogP contribution in [0.4, 0.5) is 10.5 Å². The van der Waals surface area contributed by atoms with Crippen molar-refractivity contribution in [1.82, 2.24) is 4.90 Å². The van der Waals surface area contributed by atoms with Gasteiger partial charge in [0.15, 0.2) is 11.5 Å². The molecule has 1 saturated heterocycles. The highest BCUT2D eigenvalue weighted by Gasteiger charge is 2.35. The fourth-order valence-electron chi connectivity index (χ4n) is 4.23. The van der Waals surface area contributed by atoms with Crippen LogP contribution < -0.4 is 9.47 Å². The quantitative estimate of drug-likeness (QED) is 0.128. The van der Waals surface area contributed by atoms with Crippen LogP contribution in [0.15, 0.2) is 89.8 Å². The molecule has 5 rings (SSSR count). The molecule has 9 heteroatoms. The molecule has 0 radical (unpaired) electrons. The van der Waals surface area contributed by atoms with E-state index in [1.165, 1.54) is 18.2 Å². The Kier molecular flexibility index (Phi) is 7.60. The first-order valence-electron chi connectivity index (χ1n) is 12.3. The number of fused-ring (bicyclic) bond motifs is 1. The molecule has 0 aliphatic carbocycles. The molecule has 4 aromatic rings. The third-order valence-electron chi connectivity index (χ3n) is 6.11. The Morgan fingerprint density at radius 1 is 0.872 bits per heavy atom. The van der Waals surface area contributed by atoms with Crippen molar-refractivity contribution in [2.75, 3.05) is 6.61 Å². The fraction of sp³-hybridized carbons (Fsp3) is 0.133. The van der Waals surface area contributed by atoms with Crippen LogP contribution in [0, 0.1) is 10.1 Å². The Labute approximate surface area is 229 Å². The number of ether oxygens (including phenoxy) is 2. The van der Waals surface area contributed by atoms with Crippen molar-refractivity contribution < 1.29 is 24.0 Å². The van der Waals surface area contributed by atoms with Gasteiger partial charge in [-0.3, -0.25) is 24.6 Å². The fourth-order valence-corrected chi connectivity index (χ4v) is 5.07. The van der Waals surface area contributed by atoms with Gasteiger partial charge in [-0.05, 0) is 70.4 Å². The van der Waals surface area contributed by atoms with Crippen molar-refractivity contribution >= 4 is 45.4 Å². The molecule has 0 bridgehead atoms. The lowest BCUT2D eigenvalue weighted by Gasteiger charge is -2.13. The van der Waals surface area contributed by atoms with Gasteiger partial charge < -0.3 is 9.47 Å². The van der Waals surface area contributed by atoms with E-state index in [1.807, 2.05) is 25.1 Å². The maximum Gasteiger partial charge on any atom is 0.293 e. The van der Waals surface area contributed by atoms with Crippen molar-refractivity contribution in [1.29, 1.82) is 0 Å². The SMILES string of the molecule is CCOc1cc(/C=C2/SC(=O)N(Cc3cccc([N+](=O)[O-])c3)C2=O)ccc1OCc1ccc2ccccc2c1. The van der Waals surface area contributed by atoms with Crippen LogP contribution in [-0.2, 0) is 17.9 Å². The van der Waals surface area contributed by atoms with Gasteiger partial charge >= 0.3 is 0 Å². The van der Waals surface area contributed by atoms with Gasteiger partial charge in [-0.2, -0.15) is 0 Å². The third-order valence-corrected chi connectivity index (χ3v) is 7.02. The molecule has 0 atom stereocenters. The second-order valence-corrected chi connectivity index (χ2v) is 9.80. The molecule has 0 unspecified atom stereocenters. The summed E-state index contributed by atoms with van der Waals surface area (Å²) in [5, 5.41) is 12.9. The maximum absolute atomic E-state index is 13.0. The van der Waals surface area contributed by atoms with Gasteiger partial charge in [0, 0.05) is 12.1 Å². The van der Waals surface area contributed by atoms with Crippen LogP contribution in [0.3, 0.4) is 0 Å². The molecule has 8 nitrogen and oxygen atoms in total. The number of hydrogen-bond donors (Lipinski definition) is 0. The smallest absolute Gasteiger partial charge is 0.293 e. The van der Waals surface area contributed by atoms with E-state index in [0.717, 1.165) is 33.0 Å². The molecule has 0 spiro atoms. The van der Waals surface area contributed by atoms with Crippen LogP contribution in [0.25, 0.3) is 16.8 Å². The summed E-state index contributed by atoms with van der Waals surface area (Å²) < 4.78 is 11.9. The van der Waals surface area contributed by atoms with Crippen LogP contribution in [0.1, 0.15) is 23.6 Å². The highest BCUT2D eigenvalue weighted by atomic mass is 32.2. The number of imide groups is 1. The van der Waals surface area contributed by atoms with Gasteiger partial charge in [0.05, 0.1) is 23.0 Å². The minimum Gasteiger partial charge on any atom is -0.490 e. The lowest BCUT2D eigenvalue weighted by Crippen LogP contribution is -2.27. The molecule has 39 heavy (non-hydrogen) atoms. The van der Waals surface area contributed by atoms with E-state index in [1.54, 1.807) is 30.3 Å². The van der Waals surface area contributed by atoms with E-state index in [4.69, 9.17) is 9.47 Å². The summed E-state index contributed by atoms with van der Waals surface area (Å²) in [5.41, 5.74) is 2.11. The Morgan fingerprint density at radius 3 is 2.49 bits per heavy atom. The zero-order valence-corrected chi connectivity index (χ0v) is 21.9. The zero-order valence-electron chi connectivity index (χ0n) is 21.0. The van der Waals surface area contributed by atoms with Crippen LogP contribution in [-0.4, -0.2) is 27.6 Å². The molecule has 0 N–H and O–H groups in total. The van der Waals surface area contributed by atoms with Crippen LogP contribution in [0.2, 0.25) is 0 Å². The number of non-ortho nitro benzene ring substituents is 1. The predicted molar refractivity (Wildman–Crippen MR) is 151 cm³/mol. The number of hydrogen-bond acceptors (Lipinski definition) is 7. The number of nitro groups is 1. The first kappa shape index (κ1) is 26.0. The number of thioether (sulfide) groups is 1. The molecule has 2 amide bonds. The summed E-state index contributed by atoms with van der Waals surface area (Å²) in [4.78, 5) is 37.5. The second kappa shape index (κ2) is 11.4. The van der Waals surface area contributed by atoms with Crippen molar-refractivity contribution in [3.63, 3.8) is 0 Å². The average Bonchev–Trinajstić information content (AvgIpc) is 3.20. The molecule has 0 aromatic heterocycles. The first-order chi connectivity index (χ1) is 18.9. The zero-order chi connectivity index (χ0) is 27.4. The van der Waals surface area contributed by atoms with E-state index >= 15 is 0 Å². The van der Waals surface area contributed by atoms with Crippen molar-refractivity contribution in [3.8, 4) is 11.5 Å². The first-order valence-corrected chi connectivity index (χ1v) is 13.1. The number of carbonyl (C=O) groups is 2. The highest BCUT2D eigenvalue weighted by molar-refractivity contribution is 8.18. The minimum atomic E-state index is -0.512. The molecular weight excluding hydrogens is 516 g/mol. The van der Waals surface area contributed by atoms with Crippen LogP contribution in [0.5, 0.6) is 11.5 Å². The molecule has 1 heterocycles. The summed E-state index contributed by atoms with van der Waals surface area (Å²) in [6, 6.07) is 25.6. The third kappa shape index (κ3) is 5.94. The average molecular weight is 541 g/mol. The summed E-state index contributed by atoms with van der Waals surface area (Å²) in [6.45, 7) is 2.62. The molecule has 0 saturated carbocycles. The number of carbonyl (C=O) groups excluding carboxylic acids is 2. The van der Waals surface area contributed by atoms with Gasteiger partial charge in [-0.15, -0.1) is 0 Å². The van der Waals surface area contributed by atoms with Crippen molar-refractivity contribution in [2.24, 2.45) is 0 Å². The minimum absolute atomic E-state index is 0.0462. The number of nitrogens with zero attached hydrogens (tertiary/aromatic N) is 2. The maximum atomic E-state index is 13.0. The van der Waals surface area contributed by atoms with Crippen molar-refractivity contribution in [2.45, 2.75) is 20.1 Å². The van der Waals surface area contributed by atoms with Crippen molar-refractivity contribution in [3.05, 3.63) is 117 Å². The monoisotopic (exact) mass is 540 g/mol. The Balaban J connectivity index is 1.31. The molecule has 1 aliphatic rings. The number of rotatable bonds is 9. The predicted octanol–water partition coefficient (Wildman–Crippen LogP) is 6.96. The Morgan fingerprint density at radius 2 is 1.69 bits per heavy atom. The normalized spacial score (nSPS) is 14.3. The van der Waals surface area contributed by atoms with Gasteiger partial charge in [0.2, 0.25) is 0 Å². The van der Waals surface area contributed by atoms with Gasteiger partial charge in [-0.25, -0.2) is 0 Å². The van der Waals surface area contributed by atoms with E-state index in [2.05, 4.69) is 24.3 Å². The number of benzene rings is 4. The van der Waals surface area contributed by atoms with Crippen LogP contribution >= 0.6 is 11.8 Å². The number of amides is 2. The topological polar surface area (TPSA) is 99.0 Å². The molecular formula is C30H24N2O6S. The summed E-state index contributed by atoms with van der Waals surface area (Å²) in [5.74, 6) is 0.648. The highest BCUT2D eigenvalue weighted by Crippen LogP contribution is 2.36. The van der Waals surface area contributed by atoms with E-state index in [0.29, 0.717) is 35.8 Å². The van der Waals surface area contributed by atoms with Gasteiger partial charge in [0.25, 0.3) is 16.8 Å². The van der Waals surface area contributed by atoms with E-state index < -0.39 is 16.1 Å². The lowest BCUT2D eigenvalue weighted by atomic mass is 10.1. The van der Waals surface area contributed by atoms with Gasteiger partial charge in [-0.1, -0.05) is 54.6 Å². The number of nitro benzene ring substituents is 1. The largest absolute Gasteiger partial charge is 0.490 e. The summed E-state index contributed by atoms with van der Waals surface area (Å²) in [7, 11) is 0. The molecule has 4 aromatic carbocycles. The second-order valence-electron chi connectivity index (χ2n) is 8.80. The summed E-state index contributed by atoms with van der Waals surface area (Å²) >= 11 is 0.831. The Bertz CT molecular complexity index is 1620. The molecule has 1 fully saturated rings. The molecule has 196 valence electrons. The Hall–Kier alpha value is -4.63. The summed E-state index contributed by atoms with van der Waals surface area (Å²) in [6.07, 6.45) is 1.63. The van der Waals surface area contributed by atoms with Gasteiger partial charge in [0.1, 0.15) is 6.61 Å².